The van der Waals surface area contributed by atoms with Gasteiger partial charge in [0.2, 0.25) is 0 Å². The maximum Gasteiger partial charge on any atom is 0.273 e. The largest absolute Gasteiger partial charge is 0.493 e. The second-order valence-corrected chi connectivity index (χ2v) is 8.99. The molecule has 204 valence electrons. The third-order valence-corrected chi connectivity index (χ3v) is 6.40. The predicted octanol–water partition coefficient (Wildman–Crippen LogP) is 3.11. The van der Waals surface area contributed by atoms with Crippen LogP contribution in [0.15, 0.2) is 66.4 Å². The van der Waals surface area contributed by atoms with Crippen molar-refractivity contribution in [1.29, 1.82) is 5.41 Å². The van der Waals surface area contributed by atoms with Crippen LogP contribution in [0, 0.1) is 11.2 Å². The molecule has 0 atom stereocenters. The quantitative estimate of drug-likeness (QED) is 0.471. The summed E-state index contributed by atoms with van der Waals surface area (Å²) in [6, 6.07) is 9.50. The number of benzene rings is 2. The minimum Gasteiger partial charge on any atom is -0.493 e. The fourth-order valence-electron chi connectivity index (χ4n) is 4.30. The molecule has 0 bridgehead atoms. The van der Waals surface area contributed by atoms with E-state index in [4.69, 9.17) is 19.6 Å². The molecule has 0 unspecified atom stereocenters. The summed E-state index contributed by atoms with van der Waals surface area (Å²) in [6.07, 6.45) is 8.84. The van der Waals surface area contributed by atoms with Gasteiger partial charge in [0.05, 0.1) is 33.0 Å². The summed E-state index contributed by atoms with van der Waals surface area (Å²) in [5.41, 5.74) is 2.38. The number of nitrogens with one attached hydrogen (secondary N) is 2. The van der Waals surface area contributed by atoms with Crippen molar-refractivity contribution in [1.82, 2.24) is 4.90 Å². The average Bonchev–Trinajstić information content (AvgIpc) is 2.94. The highest BCUT2D eigenvalue weighted by Crippen LogP contribution is 2.29. The number of rotatable bonds is 7. The number of carbonyl (C=O) groups excluding carboxylic acids is 2. The van der Waals surface area contributed by atoms with Gasteiger partial charge in [-0.2, -0.15) is 0 Å². The molecule has 2 aromatic rings. The van der Waals surface area contributed by atoms with Crippen LogP contribution in [0.5, 0.6) is 11.5 Å². The molecule has 39 heavy (non-hydrogen) atoms. The van der Waals surface area contributed by atoms with Crippen molar-refractivity contribution in [3.63, 3.8) is 0 Å². The number of halogens is 1. The Kier molecular flexibility index (Phi) is 9.24. The predicted molar refractivity (Wildman–Crippen MR) is 145 cm³/mol. The van der Waals surface area contributed by atoms with Crippen molar-refractivity contribution in [3.05, 3.63) is 83.3 Å². The SMILES string of the molecule is COc1ccc(/C2=C/C=C\CC/C(=C/C(=N)C(=O)Nc3ccc(C(=O)N4CCOCC4)c(F)c3)[NH2+]2)cc1OC. The lowest BCUT2D eigenvalue weighted by Crippen LogP contribution is -2.79. The Morgan fingerprint density at radius 1 is 1.10 bits per heavy atom. The van der Waals surface area contributed by atoms with Gasteiger partial charge in [0.25, 0.3) is 11.8 Å². The summed E-state index contributed by atoms with van der Waals surface area (Å²) in [6.45, 7) is 1.63. The second kappa shape index (κ2) is 13.0. The molecule has 2 aliphatic rings. The highest BCUT2D eigenvalue weighted by Gasteiger charge is 2.22. The van der Waals surface area contributed by atoms with E-state index in [2.05, 4.69) is 5.32 Å². The van der Waals surface area contributed by atoms with Crippen molar-refractivity contribution in [2.24, 2.45) is 0 Å². The van der Waals surface area contributed by atoms with Crippen LogP contribution >= 0.6 is 0 Å². The minimum absolute atomic E-state index is 0.0706. The van der Waals surface area contributed by atoms with Crippen LogP contribution < -0.4 is 20.1 Å². The molecule has 2 amide bonds. The number of ether oxygens (including phenoxy) is 3. The van der Waals surface area contributed by atoms with Crippen LogP contribution in [0.3, 0.4) is 0 Å². The summed E-state index contributed by atoms with van der Waals surface area (Å²) < 4.78 is 30.7. The van der Waals surface area contributed by atoms with E-state index in [-0.39, 0.29) is 17.0 Å². The third-order valence-electron chi connectivity index (χ3n) is 6.40. The van der Waals surface area contributed by atoms with E-state index in [1.165, 1.54) is 23.1 Å². The first-order valence-corrected chi connectivity index (χ1v) is 12.6. The number of methoxy groups -OCH3 is 2. The number of hydrogen-bond donors (Lipinski definition) is 3. The zero-order chi connectivity index (χ0) is 27.8. The Hall–Kier alpha value is -4.28. The van der Waals surface area contributed by atoms with E-state index in [0.717, 1.165) is 29.4 Å². The molecule has 4 rings (SSSR count). The molecule has 0 saturated carbocycles. The van der Waals surface area contributed by atoms with Gasteiger partial charge in [-0.15, -0.1) is 0 Å². The Morgan fingerprint density at radius 3 is 2.59 bits per heavy atom. The van der Waals surface area contributed by atoms with Crippen LogP contribution in [0.25, 0.3) is 5.70 Å². The molecular formula is C29H32FN4O5+. The third kappa shape index (κ3) is 6.98. The van der Waals surface area contributed by atoms with Crippen LogP contribution in [0.1, 0.15) is 28.8 Å². The Balaban J connectivity index is 1.45. The molecule has 1 fully saturated rings. The summed E-state index contributed by atoms with van der Waals surface area (Å²) in [5, 5.41) is 12.8. The first-order chi connectivity index (χ1) is 18.9. The van der Waals surface area contributed by atoms with Crippen molar-refractivity contribution < 1.29 is 33.5 Å². The number of nitrogens with two attached hydrogens (primary N) is 1. The fourth-order valence-corrected chi connectivity index (χ4v) is 4.30. The first-order valence-electron chi connectivity index (χ1n) is 12.6. The van der Waals surface area contributed by atoms with E-state index >= 15 is 0 Å². The summed E-state index contributed by atoms with van der Waals surface area (Å²) in [5.74, 6) is -0.626. The highest BCUT2D eigenvalue weighted by molar-refractivity contribution is 6.46. The molecule has 0 aromatic heterocycles. The topological polar surface area (TPSA) is 118 Å². The fraction of sp³-hybridized carbons (Fsp3) is 0.276. The molecule has 10 heteroatoms. The Bertz CT molecular complexity index is 1350. The minimum atomic E-state index is -0.737. The molecule has 9 nitrogen and oxygen atoms in total. The normalized spacial score (nSPS) is 18.8. The average molecular weight is 536 g/mol. The smallest absolute Gasteiger partial charge is 0.273 e. The number of hydrogen-bond acceptors (Lipinski definition) is 6. The Labute approximate surface area is 226 Å². The van der Waals surface area contributed by atoms with Crippen LogP contribution in [-0.4, -0.2) is 62.9 Å². The van der Waals surface area contributed by atoms with Crippen molar-refractivity contribution in [2.75, 3.05) is 45.8 Å². The maximum atomic E-state index is 14.7. The number of carbonyl (C=O) groups is 2. The van der Waals surface area contributed by atoms with E-state index in [0.29, 0.717) is 44.2 Å². The maximum absolute atomic E-state index is 14.7. The van der Waals surface area contributed by atoms with Crippen molar-refractivity contribution in [2.45, 2.75) is 12.8 Å². The van der Waals surface area contributed by atoms with Crippen molar-refractivity contribution >= 4 is 28.9 Å². The van der Waals surface area contributed by atoms with E-state index in [1.54, 1.807) is 14.2 Å². The molecule has 2 heterocycles. The number of quaternary nitrogens is 1. The molecular weight excluding hydrogens is 503 g/mol. The molecule has 0 aliphatic carbocycles. The van der Waals surface area contributed by atoms with Crippen LogP contribution in [-0.2, 0) is 9.53 Å². The van der Waals surface area contributed by atoms with Gasteiger partial charge in [-0.05, 0) is 48.9 Å². The number of allylic oxidation sites excluding steroid dienone is 4. The second-order valence-electron chi connectivity index (χ2n) is 8.99. The van der Waals surface area contributed by atoms with E-state index in [9.17, 15) is 14.0 Å². The van der Waals surface area contributed by atoms with Gasteiger partial charge in [-0.25, -0.2) is 4.39 Å². The summed E-state index contributed by atoms with van der Waals surface area (Å²) in [7, 11) is 3.15. The number of nitrogens with zero attached hydrogens (tertiary/aromatic N) is 1. The monoisotopic (exact) mass is 535 g/mol. The van der Waals surface area contributed by atoms with Crippen LogP contribution in [0.4, 0.5) is 10.1 Å². The summed E-state index contributed by atoms with van der Waals surface area (Å²) in [4.78, 5) is 26.9. The van der Waals surface area contributed by atoms with Gasteiger partial charge in [0.15, 0.2) is 11.5 Å². The zero-order valence-corrected chi connectivity index (χ0v) is 22.0. The lowest BCUT2D eigenvalue weighted by Gasteiger charge is -2.27. The molecule has 2 aromatic carbocycles. The van der Waals surface area contributed by atoms with Crippen molar-refractivity contribution in [3.8, 4) is 11.5 Å². The van der Waals surface area contributed by atoms with Gasteiger partial charge in [-0.3, -0.25) is 20.3 Å². The number of morpholine rings is 1. The molecule has 2 aliphatic heterocycles. The molecule has 0 radical (unpaired) electrons. The van der Waals surface area contributed by atoms with Gasteiger partial charge in [0, 0.05) is 36.8 Å². The number of amides is 2. The van der Waals surface area contributed by atoms with Gasteiger partial charge < -0.3 is 24.4 Å². The van der Waals surface area contributed by atoms with Gasteiger partial charge in [-0.1, -0.05) is 12.2 Å². The summed E-state index contributed by atoms with van der Waals surface area (Å²) >= 11 is 0. The molecule has 4 N–H and O–H groups in total. The zero-order valence-electron chi connectivity index (χ0n) is 22.0. The lowest BCUT2D eigenvalue weighted by molar-refractivity contribution is -0.511. The molecule has 1 saturated heterocycles. The Morgan fingerprint density at radius 2 is 1.87 bits per heavy atom. The first kappa shape index (κ1) is 27.7. The van der Waals surface area contributed by atoms with E-state index < -0.39 is 17.6 Å². The number of anilines is 1. The van der Waals surface area contributed by atoms with E-state index in [1.807, 2.05) is 41.7 Å². The lowest BCUT2D eigenvalue weighted by atomic mass is 10.1. The molecule has 0 spiro atoms. The van der Waals surface area contributed by atoms with Gasteiger partial charge in [0.1, 0.15) is 22.9 Å². The van der Waals surface area contributed by atoms with Gasteiger partial charge >= 0.3 is 0 Å². The van der Waals surface area contributed by atoms with Crippen LogP contribution in [0.2, 0.25) is 0 Å². The standard InChI is InChI=1S/C29H31FN4O5/c1-37-26-11-8-19(16-27(26)38-2)25-7-5-3-4-6-20(32-25)18-24(31)28(35)33-21-9-10-22(23(30)17-21)29(36)34-12-14-39-15-13-34/h3,5,7-11,16-18,31-32H,4,6,12-15H2,1-2H3,(H,33,35)/p+1/b5-3-,20-18-,25-7-,31-24?. The highest BCUT2D eigenvalue weighted by atomic mass is 19.1.